The first-order valence-corrected chi connectivity index (χ1v) is 16.9. The predicted octanol–water partition coefficient (Wildman–Crippen LogP) is 11.8. The fraction of sp³-hybridized carbons (Fsp3) is 0.0435. The van der Waals surface area contributed by atoms with E-state index in [0.717, 1.165) is 55.9 Å². The van der Waals surface area contributed by atoms with Crippen molar-refractivity contribution in [2.75, 3.05) is 0 Å². The maximum absolute atomic E-state index is 8.45. The van der Waals surface area contributed by atoms with E-state index < -0.39 is 0 Å². The Morgan fingerprint density at radius 3 is 1.02 bits per heavy atom. The van der Waals surface area contributed by atoms with Gasteiger partial charge >= 0.3 is 0 Å². The van der Waals surface area contributed by atoms with E-state index in [4.69, 9.17) is 10.8 Å². The Morgan fingerprint density at radius 1 is 0.400 bits per heavy atom. The van der Waals surface area contributed by atoms with Crippen LogP contribution in [0.5, 0.6) is 0 Å². The summed E-state index contributed by atoms with van der Waals surface area (Å²) in [6.45, 7) is 4.31. The Bertz CT molecular complexity index is 2530. The summed E-state index contributed by atoms with van der Waals surface area (Å²) in [6.07, 6.45) is 2.87. The standard InChI is InChI=1S/C46H34N4/c1-29-23-31(19-21-41(29)49-43-15-7-3-11-35(43)36-12-4-8-16-44(36)49)39-25-34(28-48)40(26-33(39)27-47)32-20-22-42(30(2)24-32)50-45-17-9-5-13-37(45)38-14-6-10-18-46(38)50/h3-28,47-48H,1-2H3. The molecule has 0 unspecified atom stereocenters. The number of benzene rings is 7. The molecule has 0 radical (unpaired) electrons. The van der Waals surface area contributed by atoms with Gasteiger partial charge in [-0.15, -0.1) is 0 Å². The molecule has 0 aliphatic heterocycles. The summed E-state index contributed by atoms with van der Waals surface area (Å²) >= 11 is 0. The minimum absolute atomic E-state index is 0.818. The quantitative estimate of drug-likeness (QED) is 0.170. The molecule has 0 fully saturated rings. The van der Waals surface area contributed by atoms with Crippen LogP contribution in [-0.4, -0.2) is 21.6 Å². The van der Waals surface area contributed by atoms with Gasteiger partial charge < -0.3 is 20.0 Å². The van der Waals surface area contributed by atoms with Gasteiger partial charge in [-0.3, -0.25) is 0 Å². The molecular formula is C46H34N4. The highest BCUT2D eigenvalue weighted by molar-refractivity contribution is 6.10. The summed E-state index contributed by atoms with van der Waals surface area (Å²) in [5, 5.41) is 21.8. The number of aromatic nitrogens is 2. The molecule has 50 heavy (non-hydrogen) atoms. The number of para-hydroxylation sites is 4. The minimum atomic E-state index is 0.818. The van der Waals surface area contributed by atoms with Crippen molar-refractivity contribution < 1.29 is 0 Å². The van der Waals surface area contributed by atoms with Crippen LogP contribution in [0.1, 0.15) is 22.3 Å². The van der Waals surface area contributed by atoms with E-state index in [0.29, 0.717) is 0 Å². The van der Waals surface area contributed by atoms with Crippen LogP contribution in [-0.2, 0) is 0 Å². The van der Waals surface area contributed by atoms with Gasteiger partial charge in [0.1, 0.15) is 0 Å². The van der Waals surface area contributed by atoms with Crippen molar-refractivity contribution in [3.63, 3.8) is 0 Å². The Hall–Kier alpha value is -6.52. The average molecular weight is 643 g/mol. The second kappa shape index (κ2) is 11.6. The zero-order valence-electron chi connectivity index (χ0n) is 27.9. The highest BCUT2D eigenvalue weighted by Crippen LogP contribution is 2.38. The lowest BCUT2D eigenvalue weighted by Gasteiger charge is -2.17. The maximum Gasteiger partial charge on any atom is 0.0541 e. The normalized spacial score (nSPS) is 11.6. The zero-order chi connectivity index (χ0) is 33.9. The number of hydrogen-bond donors (Lipinski definition) is 2. The Kier molecular flexibility index (Phi) is 6.85. The smallest absolute Gasteiger partial charge is 0.0541 e. The third-order valence-corrected chi connectivity index (χ3v) is 10.2. The summed E-state index contributed by atoms with van der Waals surface area (Å²) in [4.78, 5) is 0. The molecule has 0 saturated heterocycles. The fourth-order valence-corrected chi connectivity index (χ4v) is 7.88. The third kappa shape index (κ3) is 4.46. The second-order valence-corrected chi connectivity index (χ2v) is 13.1. The third-order valence-electron chi connectivity index (χ3n) is 10.2. The van der Waals surface area contributed by atoms with Gasteiger partial charge in [-0.25, -0.2) is 0 Å². The second-order valence-electron chi connectivity index (χ2n) is 13.1. The highest BCUT2D eigenvalue weighted by Gasteiger charge is 2.18. The van der Waals surface area contributed by atoms with Gasteiger partial charge in [-0.2, -0.15) is 0 Å². The van der Waals surface area contributed by atoms with Gasteiger partial charge in [0.05, 0.1) is 22.1 Å². The van der Waals surface area contributed by atoms with Crippen LogP contribution >= 0.6 is 0 Å². The lowest BCUT2D eigenvalue weighted by atomic mass is 9.90. The molecule has 0 aliphatic carbocycles. The molecule has 0 spiro atoms. The monoisotopic (exact) mass is 642 g/mol. The Labute approximate surface area is 290 Å². The molecule has 0 atom stereocenters. The topological polar surface area (TPSA) is 57.6 Å². The van der Waals surface area contributed by atoms with Crippen LogP contribution in [0.4, 0.5) is 0 Å². The number of nitrogens with one attached hydrogen (secondary N) is 2. The van der Waals surface area contributed by atoms with Crippen molar-refractivity contribution in [2.45, 2.75) is 13.8 Å². The minimum Gasteiger partial charge on any atom is -0.309 e. The lowest BCUT2D eigenvalue weighted by Crippen LogP contribution is -2.00. The lowest BCUT2D eigenvalue weighted by molar-refractivity contribution is 1.15. The number of rotatable bonds is 6. The number of aryl methyl sites for hydroxylation is 2. The van der Waals surface area contributed by atoms with Gasteiger partial charge in [-0.1, -0.05) is 84.9 Å². The van der Waals surface area contributed by atoms with E-state index in [-0.39, 0.29) is 0 Å². The van der Waals surface area contributed by atoms with Crippen LogP contribution in [0.25, 0.3) is 77.2 Å². The Morgan fingerprint density at radius 2 is 0.720 bits per heavy atom. The first kappa shape index (κ1) is 29.6. The maximum atomic E-state index is 8.45. The van der Waals surface area contributed by atoms with Crippen molar-refractivity contribution in [2.24, 2.45) is 0 Å². The molecular weight excluding hydrogens is 609 g/mol. The molecule has 0 amide bonds. The molecule has 4 heteroatoms. The van der Waals surface area contributed by atoms with E-state index in [1.807, 2.05) is 0 Å². The van der Waals surface area contributed by atoms with Crippen molar-refractivity contribution in [3.05, 3.63) is 168 Å². The summed E-state index contributed by atoms with van der Waals surface area (Å²) < 4.78 is 4.69. The molecule has 2 aromatic heterocycles. The summed E-state index contributed by atoms with van der Waals surface area (Å²) in [5.41, 5.74) is 14.8. The first-order chi connectivity index (χ1) is 24.6. The number of hydrogen-bond acceptors (Lipinski definition) is 2. The number of nitrogens with zero attached hydrogens (tertiary/aromatic N) is 2. The van der Waals surface area contributed by atoms with Crippen molar-refractivity contribution in [3.8, 4) is 33.6 Å². The van der Waals surface area contributed by atoms with Gasteiger partial charge in [0, 0.05) is 56.5 Å². The van der Waals surface area contributed by atoms with E-state index in [9.17, 15) is 0 Å². The Balaban J connectivity index is 1.14. The van der Waals surface area contributed by atoms with E-state index in [2.05, 4.69) is 169 Å². The molecule has 0 aliphatic rings. The van der Waals surface area contributed by atoms with Crippen LogP contribution in [0.15, 0.2) is 146 Å². The summed E-state index contributed by atoms with van der Waals surface area (Å²) in [7, 11) is 0. The average Bonchev–Trinajstić information content (AvgIpc) is 3.67. The van der Waals surface area contributed by atoms with E-state index in [1.165, 1.54) is 56.0 Å². The molecule has 4 nitrogen and oxygen atoms in total. The fourth-order valence-electron chi connectivity index (χ4n) is 7.88. The van der Waals surface area contributed by atoms with Crippen molar-refractivity contribution in [1.29, 1.82) is 10.8 Å². The van der Waals surface area contributed by atoms with Gasteiger partial charge in [0.25, 0.3) is 0 Å². The van der Waals surface area contributed by atoms with Crippen LogP contribution in [0.3, 0.4) is 0 Å². The zero-order valence-corrected chi connectivity index (χ0v) is 27.9. The summed E-state index contributed by atoms with van der Waals surface area (Å²) in [6, 6.07) is 51.5. The van der Waals surface area contributed by atoms with E-state index >= 15 is 0 Å². The molecule has 9 rings (SSSR count). The van der Waals surface area contributed by atoms with Gasteiger partial charge in [0.15, 0.2) is 0 Å². The molecule has 238 valence electrons. The number of fused-ring (bicyclic) bond motifs is 6. The van der Waals surface area contributed by atoms with Crippen LogP contribution in [0.2, 0.25) is 0 Å². The van der Waals surface area contributed by atoms with Crippen molar-refractivity contribution >= 4 is 56.0 Å². The van der Waals surface area contributed by atoms with Gasteiger partial charge in [-0.05, 0) is 108 Å². The van der Waals surface area contributed by atoms with Crippen LogP contribution < -0.4 is 0 Å². The van der Waals surface area contributed by atoms with E-state index in [1.54, 1.807) is 0 Å². The molecule has 0 saturated carbocycles. The largest absolute Gasteiger partial charge is 0.309 e. The predicted molar refractivity (Wildman–Crippen MR) is 211 cm³/mol. The van der Waals surface area contributed by atoms with Gasteiger partial charge in [0.2, 0.25) is 0 Å². The molecule has 2 heterocycles. The highest BCUT2D eigenvalue weighted by atomic mass is 15.0. The summed E-state index contributed by atoms with van der Waals surface area (Å²) in [5.74, 6) is 0. The first-order valence-electron chi connectivity index (χ1n) is 16.9. The molecule has 0 bridgehead atoms. The molecule has 2 N–H and O–H groups in total. The van der Waals surface area contributed by atoms with Crippen LogP contribution in [0, 0.1) is 24.7 Å². The molecule has 7 aromatic carbocycles. The SMILES string of the molecule is Cc1cc(-c2cc(C=N)c(-c3ccc(-n4c5ccccc5c5ccccc54)c(C)c3)cc2C=N)ccc1-n1c2ccccc2c2ccccc21. The molecule has 9 aromatic rings. The van der Waals surface area contributed by atoms with Crippen molar-refractivity contribution in [1.82, 2.24) is 9.13 Å².